The van der Waals surface area contributed by atoms with Crippen molar-refractivity contribution in [2.45, 2.75) is 0 Å². The van der Waals surface area contributed by atoms with Gasteiger partial charge < -0.3 is 10.4 Å². The van der Waals surface area contributed by atoms with Crippen molar-refractivity contribution in [1.82, 2.24) is 9.97 Å². The van der Waals surface area contributed by atoms with Crippen LogP contribution in [0.5, 0.6) is 5.75 Å². The zero-order valence-electron chi connectivity index (χ0n) is 9.48. The van der Waals surface area contributed by atoms with E-state index in [1.54, 1.807) is 0 Å². The largest absolute Gasteiger partial charge is 0.508 e. The van der Waals surface area contributed by atoms with Crippen LogP contribution in [-0.4, -0.2) is 25.9 Å². The summed E-state index contributed by atoms with van der Waals surface area (Å²) in [5.74, 6) is -0.830. The number of benzene rings is 1. The molecule has 1 amide bonds. The van der Waals surface area contributed by atoms with E-state index >= 15 is 0 Å². The molecule has 1 heterocycles. The van der Waals surface area contributed by atoms with Gasteiger partial charge in [-0.2, -0.15) is 0 Å². The summed E-state index contributed by atoms with van der Waals surface area (Å²) in [5, 5.41) is 22.5. The van der Waals surface area contributed by atoms with E-state index in [0.29, 0.717) is 0 Å². The number of carbonyl (C=O) groups is 1. The summed E-state index contributed by atoms with van der Waals surface area (Å²) in [7, 11) is 0. The third kappa shape index (κ3) is 2.80. The molecule has 2 rings (SSSR count). The number of phenolic OH excluding ortho intramolecular Hbond substituents is 1. The fraction of sp³-hybridized carbons (Fsp3) is 0. The van der Waals surface area contributed by atoms with Crippen LogP contribution >= 0.6 is 0 Å². The first-order valence-corrected chi connectivity index (χ1v) is 5.12. The quantitative estimate of drug-likeness (QED) is 0.635. The number of anilines is 1. The number of hydrogen-bond donors (Lipinski definition) is 2. The molecule has 19 heavy (non-hydrogen) atoms. The molecule has 1 aromatic heterocycles. The number of hydrogen-bond acceptors (Lipinski definition) is 6. The summed E-state index contributed by atoms with van der Waals surface area (Å²) in [6.45, 7) is 0. The van der Waals surface area contributed by atoms with Gasteiger partial charge in [-0.15, -0.1) is 0 Å². The van der Waals surface area contributed by atoms with Gasteiger partial charge in [0.2, 0.25) is 0 Å². The molecule has 0 saturated carbocycles. The lowest BCUT2D eigenvalue weighted by atomic mass is 10.1. The Balaban J connectivity index is 2.33. The van der Waals surface area contributed by atoms with Crippen molar-refractivity contribution in [3.63, 3.8) is 0 Å². The van der Waals surface area contributed by atoms with Crippen LogP contribution in [0.15, 0.2) is 36.8 Å². The van der Waals surface area contributed by atoms with Gasteiger partial charge in [0, 0.05) is 18.5 Å². The Morgan fingerprint density at radius 3 is 2.79 bits per heavy atom. The number of nitrogens with one attached hydrogen (secondary N) is 1. The molecule has 0 fully saturated rings. The van der Waals surface area contributed by atoms with E-state index in [4.69, 9.17) is 0 Å². The van der Waals surface area contributed by atoms with E-state index in [1.165, 1.54) is 18.6 Å². The van der Waals surface area contributed by atoms with E-state index in [0.717, 1.165) is 18.2 Å². The summed E-state index contributed by atoms with van der Waals surface area (Å²) >= 11 is 0. The topological polar surface area (TPSA) is 118 Å². The summed E-state index contributed by atoms with van der Waals surface area (Å²) < 4.78 is 0. The molecule has 8 nitrogen and oxygen atoms in total. The fourth-order valence-corrected chi connectivity index (χ4v) is 1.41. The summed E-state index contributed by atoms with van der Waals surface area (Å²) in [6.07, 6.45) is 4.09. The molecule has 0 spiro atoms. The second kappa shape index (κ2) is 5.08. The Labute approximate surface area is 106 Å². The standard InChI is InChI=1S/C11H8N4O4/c16-7-1-2-9(15(18)19)8(5-7)11(17)14-10-6-12-3-4-13-10/h1-6,16H,(H,13,14,17). The molecule has 1 aromatic carbocycles. The summed E-state index contributed by atoms with van der Waals surface area (Å²) in [5.41, 5.74) is -0.658. The number of nitro benzene ring substituents is 1. The van der Waals surface area contributed by atoms with Gasteiger partial charge in [0.1, 0.15) is 11.3 Å². The van der Waals surface area contributed by atoms with Crippen molar-refractivity contribution in [2.75, 3.05) is 5.32 Å². The van der Waals surface area contributed by atoms with Crippen LogP contribution < -0.4 is 5.32 Å². The molecular formula is C11H8N4O4. The van der Waals surface area contributed by atoms with Crippen molar-refractivity contribution in [2.24, 2.45) is 0 Å². The molecule has 0 saturated heterocycles. The fourth-order valence-electron chi connectivity index (χ4n) is 1.41. The van der Waals surface area contributed by atoms with Crippen LogP contribution in [-0.2, 0) is 0 Å². The maximum atomic E-state index is 11.9. The number of aromatic nitrogens is 2. The zero-order chi connectivity index (χ0) is 13.8. The van der Waals surface area contributed by atoms with Crippen molar-refractivity contribution in [3.05, 3.63) is 52.5 Å². The minimum absolute atomic E-state index is 0.158. The second-order valence-electron chi connectivity index (χ2n) is 3.50. The van der Waals surface area contributed by atoms with Crippen molar-refractivity contribution < 1.29 is 14.8 Å². The van der Waals surface area contributed by atoms with Gasteiger partial charge in [0.05, 0.1) is 11.1 Å². The Hall–Kier alpha value is -3.03. The molecule has 8 heteroatoms. The lowest BCUT2D eigenvalue weighted by Crippen LogP contribution is -2.14. The highest BCUT2D eigenvalue weighted by Gasteiger charge is 2.21. The van der Waals surface area contributed by atoms with Crippen molar-refractivity contribution in [1.29, 1.82) is 0 Å². The van der Waals surface area contributed by atoms with Gasteiger partial charge in [-0.25, -0.2) is 4.98 Å². The third-order valence-corrected chi connectivity index (χ3v) is 2.23. The predicted molar refractivity (Wildman–Crippen MR) is 64.7 cm³/mol. The van der Waals surface area contributed by atoms with E-state index < -0.39 is 16.5 Å². The van der Waals surface area contributed by atoms with Crippen LogP contribution in [0.4, 0.5) is 11.5 Å². The predicted octanol–water partition coefficient (Wildman–Crippen LogP) is 1.34. The maximum absolute atomic E-state index is 11.9. The van der Waals surface area contributed by atoms with E-state index in [1.807, 2.05) is 0 Å². The highest BCUT2D eigenvalue weighted by molar-refractivity contribution is 6.06. The van der Waals surface area contributed by atoms with Crippen LogP contribution in [0.3, 0.4) is 0 Å². The number of nitro groups is 1. The van der Waals surface area contributed by atoms with Crippen molar-refractivity contribution in [3.8, 4) is 5.75 Å². The van der Waals surface area contributed by atoms with Gasteiger partial charge in [0.25, 0.3) is 11.6 Å². The normalized spacial score (nSPS) is 9.89. The average molecular weight is 260 g/mol. The average Bonchev–Trinajstić information content (AvgIpc) is 2.39. The first-order valence-electron chi connectivity index (χ1n) is 5.12. The van der Waals surface area contributed by atoms with Gasteiger partial charge in [0.15, 0.2) is 5.82 Å². The summed E-state index contributed by atoms with van der Waals surface area (Å²) in [4.78, 5) is 29.6. The van der Waals surface area contributed by atoms with Crippen molar-refractivity contribution >= 4 is 17.4 Å². The number of amides is 1. The molecule has 0 atom stereocenters. The number of aromatic hydroxyl groups is 1. The molecule has 2 N–H and O–H groups in total. The lowest BCUT2D eigenvalue weighted by Gasteiger charge is -2.04. The lowest BCUT2D eigenvalue weighted by molar-refractivity contribution is -0.385. The van der Waals surface area contributed by atoms with Gasteiger partial charge >= 0.3 is 0 Å². The molecule has 0 bridgehead atoms. The minimum Gasteiger partial charge on any atom is -0.508 e. The van der Waals surface area contributed by atoms with Gasteiger partial charge in [-0.3, -0.25) is 19.9 Å². The smallest absolute Gasteiger partial charge is 0.282 e. The van der Waals surface area contributed by atoms with E-state index in [-0.39, 0.29) is 17.1 Å². The van der Waals surface area contributed by atoms with E-state index in [2.05, 4.69) is 15.3 Å². The Kier molecular flexibility index (Phi) is 3.33. The zero-order valence-corrected chi connectivity index (χ0v) is 9.48. The molecule has 2 aromatic rings. The van der Waals surface area contributed by atoms with Gasteiger partial charge in [-0.1, -0.05) is 0 Å². The molecule has 0 aliphatic carbocycles. The molecule has 96 valence electrons. The molecular weight excluding hydrogens is 252 g/mol. The van der Waals surface area contributed by atoms with Gasteiger partial charge in [-0.05, 0) is 12.1 Å². The van der Waals surface area contributed by atoms with Crippen LogP contribution in [0.25, 0.3) is 0 Å². The van der Waals surface area contributed by atoms with Crippen LogP contribution in [0.1, 0.15) is 10.4 Å². The Bertz CT molecular complexity index is 630. The molecule has 0 aliphatic heterocycles. The van der Waals surface area contributed by atoms with Crippen LogP contribution in [0, 0.1) is 10.1 Å². The maximum Gasteiger partial charge on any atom is 0.282 e. The first kappa shape index (κ1) is 12.4. The van der Waals surface area contributed by atoms with Crippen LogP contribution in [0.2, 0.25) is 0 Å². The first-order chi connectivity index (χ1) is 9.08. The third-order valence-electron chi connectivity index (χ3n) is 2.23. The molecule has 0 radical (unpaired) electrons. The molecule has 0 aliphatic rings. The minimum atomic E-state index is -0.747. The monoisotopic (exact) mass is 260 g/mol. The number of carbonyl (C=O) groups excluding carboxylic acids is 1. The highest BCUT2D eigenvalue weighted by Crippen LogP contribution is 2.23. The molecule has 0 unspecified atom stereocenters. The number of rotatable bonds is 3. The Morgan fingerprint density at radius 2 is 2.16 bits per heavy atom. The number of phenols is 1. The second-order valence-corrected chi connectivity index (χ2v) is 3.50. The number of nitrogens with zero attached hydrogens (tertiary/aromatic N) is 3. The Morgan fingerprint density at radius 1 is 1.37 bits per heavy atom. The van der Waals surface area contributed by atoms with E-state index in [9.17, 15) is 20.0 Å². The summed E-state index contributed by atoms with van der Waals surface area (Å²) in [6, 6.07) is 3.21. The SMILES string of the molecule is O=C(Nc1cnccn1)c1cc(O)ccc1[N+](=O)[O-]. The highest BCUT2D eigenvalue weighted by atomic mass is 16.6.